The quantitative estimate of drug-likeness (QED) is 0.579. The first-order valence-electron chi connectivity index (χ1n) is 9.86. The maximum absolute atomic E-state index is 10.7. The number of rotatable bonds is 8. The van der Waals surface area contributed by atoms with E-state index < -0.39 is 11.7 Å². The summed E-state index contributed by atoms with van der Waals surface area (Å²) in [5, 5.41) is 12.3. The highest BCUT2D eigenvalue weighted by molar-refractivity contribution is 5.68. The topological polar surface area (TPSA) is 67.8 Å². The van der Waals surface area contributed by atoms with Crippen LogP contribution < -0.4 is 10.1 Å². The number of benzene rings is 3. The molecule has 0 spiro atoms. The molecule has 5 nitrogen and oxygen atoms in total. The number of aryl methyl sites for hydroxylation is 1. The Morgan fingerprint density at radius 1 is 0.967 bits per heavy atom. The van der Waals surface area contributed by atoms with Crippen LogP contribution in [0.3, 0.4) is 0 Å². The smallest absolute Gasteiger partial charge is 0.341 e. The summed E-state index contributed by atoms with van der Waals surface area (Å²) < 4.78 is 11.8. The molecule has 0 aliphatic carbocycles. The van der Waals surface area contributed by atoms with Gasteiger partial charge in [0.2, 0.25) is 5.72 Å². The van der Waals surface area contributed by atoms with E-state index in [2.05, 4.69) is 17.4 Å². The van der Waals surface area contributed by atoms with Crippen molar-refractivity contribution in [1.82, 2.24) is 5.32 Å². The highest BCUT2D eigenvalue weighted by Crippen LogP contribution is 2.38. The monoisotopic (exact) mass is 401 g/mol. The number of carboxylic acid groups (broad SMARTS) is 1. The number of aliphatic carboxylic acids is 1. The van der Waals surface area contributed by atoms with Gasteiger partial charge in [0.05, 0.1) is 0 Å². The van der Waals surface area contributed by atoms with E-state index in [1.165, 1.54) is 0 Å². The Kier molecular flexibility index (Phi) is 5.70. The fraction of sp³-hybridized carbons (Fsp3) is 0.160. The van der Waals surface area contributed by atoms with Crippen LogP contribution in [0.1, 0.15) is 23.1 Å². The van der Waals surface area contributed by atoms with Crippen LogP contribution >= 0.6 is 0 Å². The van der Waals surface area contributed by atoms with E-state index in [0.717, 1.165) is 28.9 Å². The molecule has 2 N–H and O–H groups in total. The van der Waals surface area contributed by atoms with Crippen molar-refractivity contribution >= 4 is 11.7 Å². The maximum Gasteiger partial charge on any atom is 0.341 e. The molecule has 0 fully saturated rings. The molecule has 4 rings (SSSR count). The third-order valence-electron chi connectivity index (χ3n) is 5.05. The van der Waals surface area contributed by atoms with Gasteiger partial charge in [-0.2, -0.15) is 0 Å². The molecule has 152 valence electrons. The van der Waals surface area contributed by atoms with E-state index in [1.807, 2.05) is 72.9 Å². The van der Waals surface area contributed by atoms with Crippen molar-refractivity contribution < 1.29 is 19.4 Å². The number of nitrogens with one attached hydrogen (secondary N) is 1. The fourth-order valence-corrected chi connectivity index (χ4v) is 3.55. The third kappa shape index (κ3) is 4.46. The fourth-order valence-electron chi connectivity index (χ4n) is 3.55. The van der Waals surface area contributed by atoms with Gasteiger partial charge in [-0.3, -0.25) is 0 Å². The molecule has 1 unspecified atom stereocenters. The summed E-state index contributed by atoms with van der Waals surface area (Å²) >= 11 is 0. The number of carboxylic acids is 1. The molecule has 0 saturated carbocycles. The zero-order valence-corrected chi connectivity index (χ0v) is 16.5. The minimum Gasteiger partial charge on any atom is -0.482 e. The standard InChI is InChI=1S/C25H23NO4/c27-24(28)18-29-22-13-7-8-19(16-22)14-15-25(21-11-5-2-6-12-21)26-17-23(30-25)20-9-3-1-4-10-20/h1-13,16-17,26H,14-15,18H2,(H,27,28). The SMILES string of the molecule is O=C(O)COc1cccc(CCC2(c3ccccc3)NC=C(c3ccccc3)O2)c1. The van der Waals surface area contributed by atoms with Crippen LogP contribution in [-0.2, 0) is 21.7 Å². The number of hydrogen-bond acceptors (Lipinski definition) is 4. The zero-order valence-electron chi connectivity index (χ0n) is 16.5. The highest BCUT2D eigenvalue weighted by atomic mass is 16.5. The summed E-state index contributed by atoms with van der Waals surface area (Å²) in [6.07, 6.45) is 3.34. The van der Waals surface area contributed by atoms with E-state index in [9.17, 15) is 4.79 Å². The van der Waals surface area contributed by atoms with Gasteiger partial charge in [0, 0.05) is 23.7 Å². The summed E-state index contributed by atoms with van der Waals surface area (Å²) in [7, 11) is 0. The molecule has 1 heterocycles. The molecular weight excluding hydrogens is 378 g/mol. The summed E-state index contributed by atoms with van der Waals surface area (Å²) in [6, 6.07) is 27.6. The van der Waals surface area contributed by atoms with Gasteiger partial charge in [0.25, 0.3) is 0 Å². The lowest BCUT2D eigenvalue weighted by atomic mass is 9.95. The van der Waals surface area contributed by atoms with Crippen molar-refractivity contribution in [3.63, 3.8) is 0 Å². The van der Waals surface area contributed by atoms with E-state index in [0.29, 0.717) is 12.2 Å². The Morgan fingerprint density at radius 3 is 2.43 bits per heavy atom. The largest absolute Gasteiger partial charge is 0.482 e. The number of ether oxygens (including phenoxy) is 2. The van der Waals surface area contributed by atoms with Gasteiger partial charge in [-0.15, -0.1) is 0 Å². The summed E-state index contributed by atoms with van der Waals surface area (Å²) in [5.41, 5.74) is 2.44. The van der Waals surface area contributed by atoms with Gasteiger partial charge >= 0.3 is 5.97 Å². The van der Waals surface area contributed by atoms with Crippen LogP contribution in [0.15, 0.2) is 91.1 Å². The molecular formula is C25H23NO4. The van der Waals surface area contributed by atoms with Crippen molar-refractivity contribution in [2.75, 3.05) is 6.61 Å². The lowest BCUT2D eigenvalue weighted by molar-refractivity contribution is -0.139. The molecule has 3 aromatic carbocycles. The van der Waals surface area contributed by atoms with Crippen LogP contribution in [0, 0.1) is 0 Å². The van der Waals surface area contributed by atoms with E-state index in [4.69, 9.17) is 14.6 Å². The number of hydrogen-bond donors (Lipinski definition) is 2. The second-order valence-electron chi connectivity index (χ2n) is 7.14. The molecule has 1 aliphatic rings. The van der Waals surface area contributed by atoms with Crippen LogP contribution in [0.5, 0.6) is 5.75 Å². The molecule has 3 aromatic rings. The predicted octanol–water partition coefficient (Wildman–Crippen LogP) is 4.55. The van der Waals surface area contributed by atoms with Gasteiger partial charge in [-0.05, 0) is 24.1 Å². The molecule has 30 heavy (non-hydrogen) atoms. The third-order valence-corrected chi connectivity index (χ3v) is 5.05. The molecule has 1 aliphatic heterocycles. The van der Waals surface area contributed by atoms with Gasteiger partial charge in [-0.25, -0.2) is 4.79 Å². The van der Waals surface area contributed by atoms with Crippen LogP contribution in [0.25, 0.3) is 5.76 Å². The van der Waals surface area contributed by atoms with Crippen molar-refractivity contribution in [2.24, 2.45) is 0 Å². The molecule has 1 atom stereocenters. The molecule has 5 heteroatoms. The van der Waals surface area contributed by atoms with Crippen molar-refractivity contribution in [2.45, 2.75) is 18.6 Å². The summed E-state index contributed by atoms with van der Waals surface area (Å²) in [6.45, 7) is -0.355. The Balaban J connectivity index is 1.53. The van der Waals surface area contributed by atoms with Gasteiger partial charge < -0.3 is 19.9 Å². The maximum atomic E-state index is 10.7. The van der Waals surface area contributed by atoms with Crippen LogP contribution in [0.2, 0.25) is 0 Å². The Morgan fingerprint density at radius 2 is 1.70 bits per heavy atom. The average Bonchev–Trinajstić information content (AvgIpc) is 3.24. The van der Waals surface area contributed by atoms with Gasteiger partial charge in [-0.1, -0.05) is 72.8 Å². The number of carbonyl (C=O) groups is 1. The normalized spacial score (nSPS) is 17.5. The highest BCUT2D eigenvalue weighted by Gasteiger charge is 2.38. The lowest BCUT2D eigenvalue weighted by Gasteiger charge is -2.31. The molecule has 0 bridgehead atoms. The van der Waals surface area contributed by atoms with Crippen molar-refractivity contribution in [1.29, 1.82) is 0 Å². The van der Waals surface area contributed by atoms with Crippen molar-refractivity contribution in [3.05, 3.63) is 108 Å². The Labute approximate surface area is 175 Å². The molecule has 0 aromatic heterocycles. The Hall–Kier alpha value is -3.73. The van der Waals surface area contributed by atoms with Crippen LogP contribution in [-0.4, -0.2) is 17.7 Å². The zero-order chi connectivity index (χ0) is 20.8. The van der Waals surface area contributed by atoms with Crippen LogP contribution in [0.4, 0.5) is 0 Å². The lowest BCUT2D eigenvalue weighted by Crippen LogP contribution is -2.38. The minimum absolute atomic E-state index is 0.355. The predicted molar refractivity (Wildman–Crippen MR) is 115 cm³/mol. The average molecular weight is 401 g/mol. The van der Waals surface area contributed by atoms with E-state index in [-0.39, 0.29) is 6.61 Å². The van der Waals surface area contributed by atoms with Gasteiger partial charge in [0.1, 0.15) is 11.5 Å². The first-order chi connectivity index (χ1) is 14.6. The van der Waals surface area contributed by atoms with E-state index >= 15 is 0 Å². The molecule has 0 radical (unpaired) electrons. The minimum atomic E-state index is -0.994. The van der Waals surface area contributed by atoms with Crippen molar-refractivity contribution in [3.8, 4) is 5.75 Å². The Bertz CT molecular complexity index is 1030. The van der Waals surface area contributed by atoms with E-state index in [1.54, 1.807) is 6.07 Å². The second-order valence-corrected chi connectivity index (χ2v) is 7.14. The van der Waals surface area contributed by atoms with Gasteiger partial charge in [0.15, 0.2) is 6.61 Å². The molecule has 0 saturated heterocycles. The first-order valence-corrected chi connectivity index (χ1v) is 9.86. The second kappa shape index (κ2) is 8.74. The molecule has 0 amide bonds. The first kappa shape index (κ1) is 19.6. The summed E-state index contributed by atoms with van der Waals surface area (Å²) in [5.74, 6) is 0.358. The summed E-state index contributed by atoms with van der Waals surface area (Å²) in [4.78, 5) is 10.7.